The van der Waals surface area contributed by atoms with Crippen LogP contribution in [-0.2, 0) is 30.4 Å². The largest absolute Gasteiger partial charge is 0.481 e. The van der Waals surface area contributed by atoms with Crippen molar-refractivity contribution in [3.8, 4) is 0 Å². The monoisotopic (exact) mass is 461 g/mol. The molecule has 0 aliphatic carbocycles. The van der Waals surface area contributed by atoms with Crippen molar-refractivity contribution >= 4 is 40.6 Å². The minimum Gasteiger partial charge on any atom is -0.481 e. The summed E-state index contributed by atoms with van der Waals surface area (Å²) in [6.45, 7) is 2.63. The van der Waals surface area contributed by atoms with Gasteiger partial charge >= 0.3 is 11.9 Å². The van der Waals surface area contributed by atoms with Crippen LogP contribution >= 0.6 is 0 Å². The lowest BCUT2D eigenvalue weighted by molar-refractivity contribution is -0.143. The van der Waals surface area contributed by atoms with E-state index in [9.17, 15) is 24.0 Å². The zero-order valence-corrected chi connectivity index (χ0v) is 18.1. The molecule has 0 aliphatic rings. The van der Waals surface area contributed by atoms with Crippen LogP contribution in [0.2, 0.25) is 0 Å². The topological polar surface area (TPSA) is 204 Å². The molecule has 2 rings (SSSR count). The number of fused-ring (bicyclic) bond motifs is 1. The van der Waals surface area contributed by atoms with Gasteiger partial charge < -0.3 is 36.9 Å². The Morgan fingerprint density at radius 2 is 1.55 bits per heavy atom. The molecule has 12 heteroatoms. The Balaban J connectivity index is 2.26. The summed E-state index contributed by atoms with van der Waals surface area (Å²) >= 11 is 0. The summed E-state index contributed by atoms with van der Waals surface area (Å²) in [5.74, 6) is -5.13. The highest BCUT2D eigenvalue weighted by atomic mass is 16.4. The molecule has 33 heavy (non-hydrogen) atoms. The Hall–Kier alpha value is -3.93. The van der Waals surface area contributed by atoms with Gasteiger partial charge in [-0.2, -0.15) is 0 Å². The van der Waals surface area contributed by atoms with Crippen molar-refractivity contribution in [3.63, 3.8) is 0 Å². The molecule has 0 spiro atoms. The number of nitrogens with one attached hydrogen (secondary N) is 4. The van der Waals surface area contributed by atoms with E-state index in [-0.39, 0.29) is 6.42 Å². The van der Waals surface area contributed by atoms with Gasteiger partial charge in [0, 0.05) is 23.5 Å². The smallest absolute Gasteiger partial charge is 0.325 e. The first-order valence-corrected chi connectivity index (χ1v) is 10.2. The fourth-order valence-corrected chi connectivity index (χ4v) is 3.06. The molecule has 1 heterocycles. The first kappa shape index (κ1) is 25.3. The lowest BCUT2D eigenvalue weighted by Crippen LogP contribution is -2.57. The molecule has 0 radical (unpaired) electrons. The normalized spacial score (nSPS) is 14.5. The fourth-order valence-electron chi connectivity index (χ4n) is 3.06. The maximum atomic E-state index is 13.0. The molecule has 1 aromatic heterocycles. The lowest BCUT2D eigenvalue weighted by Gasteiger charge is -2.23. The van der Waals surface area contributed by atoms with E-state index in [1.54, 1.807) is 6.20 Å². The molecule has 0 saturated heterocycles. The van der Waals surface area contributed by atoms with Crippen LogP contribution in [0.15, 0.2) is 30.5 Å². The fraction of sp³-hybridized carbons (Fsp3) is 0.381. The van der Waals surface area contributed by atoms with Gasteiger partial charge in [-0.05, 0) is 25.5 Å². The van der Waals surface area contributed by atoms with Crippen LogP contribution in [0.3, 0.4) is 0 Å². The molecular weight excluding hydrogens is 434 g/mol. The van der Waals surface area contributed by atoms with Crippen molar-refractivity contribution in [2.45, 2.75) is 50.9 Å². The highest BCUT2D eigenvalue weighted by Gasteiger charge is 2.30. The predicted molar refractivity (Wildman–Crippen MR) is 117 cm³/mol. The lowest BCUT2D eigenvalue weighted by atomic mass is 10.0. The minimum absolute atomic E-state index is 0.0290. The number of para-hydroxylation sites is 1. The van der Waals surface area contributed by atoms with Crippen molar-refractivity contribution in [2.24, 2.45) is 5.73 Å². The zero-order valence-electron chi connectivity index (χ0n) is 18.1. The summed E-state index contributed by atoms with van der Waals surface area (Å²) in [5.41, 5.74) is 7.12. The van der Waals surface area contributed by atoms with Gasteiger partial charge in [0.25, 0.3) is 0 Å². The molecule has 8 N–H and O–H groups in total. The number of hydrogen-bond acceptors (Lipinski definition) is 6. The third kappa shape index (κ3) is 7.04. The van der Waals surface area contributed by atoms with Crippen LogP contribution in [0, 0.1) is 0 Å². The predicted octanol–water partition coefficient (Wildman–Crippen LogP) is -0.909. The maximum Gasteiger partial charge on any atom is 0.325 e. The Morgan fingerprint density at radius 1 is 0.939 bits per heavy atom. The highest BCUT2D eigenvalue weighted by Crippen LogP contribution is 2.19. The Bertz CT molecular complexity index is 1050. The first-order valence-electron chi connectivity index (χ1n) is 10.2. The number of aromatic amines is 1. The third-order valence-corrected chi connectivity index (χ3v) is 4.89. The van der Waals surface area contributed by atoms with Gasteiger partial charge in [0.05, 0.1) is 12.5 Å². The highest BCUT2D eigenvalue weighted by molar-refractivity contribution is 5.96. The second-order valence-corrected chi connectivity index (χ2v) is 7.64. The number of carbonyl (C=O) groups excluding carboxylic acids is 3. The number of rotatable bonds is 11. The summed E-state index contributed by atoms with van der Waals surface area (Å²) in [7, 11) is 0. The molecule has 12 nitrogen and oxygen atoms in total. The Kier molecular flexibility index (Phi) is 8.51. The first-order chi connectivity index (χ1) is 15.5. The third-order valence-electron chi connectivity index (χ3n) is 4.89. The molecule has 2 aromatic rings. The average molecular weight is 461 g/mol. The van der Waals surface area contributed by atoms with Crippen LogP contribution < -0.4 is 21.7 Å². The van der Waals surface area contributed by atoms with Gasteiger partial charge in [-0.25, -0.2) is 0 Å². The number of hydrogen-bond donors (Lipinski definition) is 7. The molecule has 4 atom stereocenters. The van der Waals surface area contributed by atoms with E-state index in [0.717, 1.165) is 10.9 Å². The van der Waals surface area contributed by atoms with E-state index < -0.39 is 60.2 Å². The number of benzene rings is 1. The molecule has 4 unspecified atom stereocenters. The number of aliphatic carboxylic acids is 2. The summed E-state index contributed by atoms with van der Waals surface area (Å²) in [6, 6.07) is 2.36. The number of carboxylic acid groups (broad SMARTS) is 2. The molecule has 3 amide bonds. The van der Waals surface area contributed by atoms with Crippen LogP contribution in [0.4, 0.5) is 0 Å². The second-order valence-electron chi connectivity index (χ2n) is 7.64. The number of H-pyrrole nitrogens is 1. The zero-order chi connectivity index (χ0) is 24.7. The molecule has 1 aromatic carbocycles. The van der Waals surface area contributed by atoms with Crippen molar-refractivity contribution in [2.75, 3.05) is 0 Å². The van der Waals surface area contributed by atoms with Gasteiger partial charge in [0.1, 0.15) is 18.1 Å². The van der Waals surface area contributed by atoms with E-state index in [2.05, 4.69) is 20.9 Å². The van der Waals surface area contributed by atoms with E-state index >= 15 is 0 Å². The van der Waals surface area contributed by atoms with Crippen LogP contribution in [-0.4, -0.2) is 69.0 Å². The average Bonchev–Trinajstić information content (AvgIpc) is 3.14. The number of carbonyl (C=O) groups is 5. The van der Waals surface area contributed by atoms with E-state index in [0.29, 0.717) is 5.56 Å². The standard InChI is InChI=1S/C21H27N5O7/c1-10(22)18(29)25-15(7-12-9-23-14-6-4-3-5-13(12)14)20(31)26-16(8-17(27)28)19(30)24-11(2)21(32)33/h3-6,9-11,15-16,23H,7-8,22H2,1-2H3,(H,24,30)(H,25,29)(H,26,31)(H,27,28)(H,32,33). The maximum absolute atomic E-state index is 13.0. The van der Waals surface area contributed by atoms with Crippen molar-refractivity contribution < 1.29 is 34.2 Å². The number of nitrogens with two attached hydrogens (primary N) is 1. The van der Waals surface area contributed by atoms with Gasteiger partial charge in [-0.15, -0.1) is 0 Å². The Morgan fingerprint density at radius 3 is 2.15 bits per heavy atom. The number of aromatic nitrogens is 1. The van der Waals surface area contributed by atoms with Crippen molar-refractivity contribution in [3.05, 3.63) is 36.0 Å². The minimum atomic E-state index is -1.56. The SMILES string of the molecule is CC(N)C(=O)NC(Cc1c[nH]c2ccccc12)C(=O)NC(CC(=O)O)C(=O)NC(C)C(=O)O. The summed E-state index contributed by atoms with van der Waals surface area (Å²) < 4.78 is 0. The summed E-state index contributed by atoms with van der Waals surface area (Å²) in [6.07, 6.45) is 0.922. The quantitative estimate of drug-likeness (QED) is 0.223. The number of amides is 3. The van der Waals surface area contributed by atoms with Gasteiger partial charge in [-0.1, -0.05) is 18.2 Å². The van der Waals surface area contributed by atoms with Gasteiger partial charge in [0.15, 0.2) is 0 Å². The van der Waals surface area contributed by atoms with Crippen LogP contribution in [0.1, 0.15) is 25.8 Å². The molecule has 178 valence electrons. The number of carboxylic acids is 2. The summed E-state index contributed by atoms with van der Waals surface area (Å²) in [5, 5.41) is 25.9. The molecule has 0 aliphatic heterocycles. The van der Waals surface area contributed by atoms with E-state index in [1.165, 1.54) is 13.8 Å². The van der Waals surface area contributed by atoms with E-state index in [4.69, 9.17) is 15.9 Å². The van der Waals surface area contributed by atoms with Gasteiger partial charge in [-0.3, -0.25) is 24.0 Å². The van der Waals surface area contributed by atoms with E-state index in [1.807, 2.05) is 24.3 Å². The molecular formula is C21H27N5O7. The molecule has 0 bridgehead atoms. The Labute approximate surface area is 188 Å². The molecule has 0 fully saturated rings. The van der Waals surface area contributed by atoms with Crippen molar-refractivity contribution in [1.82, 2.24) is 20.9 Å². The summed E-state index contributed by atoms with van der Waals surface area (Å²) in [4.78, 5) is 62.9. The van der Waals surface area contributed by atoms with Gasteiger partial charge in [0.2, 0.25) is 17.7 Å². The van der Waals surface area contributed by atoms with Crippen LogP contribution in [0.25, 0.3) is 10.9 Å². The second kappa shape index (κ2) is 11.1. The van der Waals surface area contributed by atoms with Crippen LogP contribution in [0.5, 0.6) is 0 Å². The van der Waals surface area contributed by atoms with Crippen molar-refractivity contribution in [1.29, 1.82) is 0 Å². The molecule has 0 saturated carbocycles.